The van der Waals surface area contributed by atoms with E-state index in [-0.39, 0.29) is 37.0 Å². The number of benzene rings is 1. The fourth-order valence-electron chi connectivity index (χ4n) is 2.77. The average Bonchev–Trinajstić information content (AvgIpc) is 3.33. The van der Waals surface area contributed by atoms with Gasteiger partial charge >= 0.3 is 18.0 Å². The van der Waals surface area contributed by atoms with Gasteiger partial charge in [-0.3, -0.25) is 9.69 Å². The van der Waals surface area contributed by atoms with Gasteiger partial charge in [-0.25, -0.2) is 14.4 Å². The number of hydrogen-bond acceptors (Lipinski definition) is 8. The van der Waals surface area contributed by atoms with Crippen LogP contribution in [-0.4, -0.2) is 49.1 Å². The van der Waals surface area contributed by atoms with Crippen LogP contribution in [-0.2, 0) is 25.6 Å². The molecule has 168 valence electrons. The molecule has 32 heavy (non-hydrogen) atoms. The number of methoxy groups -OCH3 is 1. The number of carbonyl (C=O) groups is 4. The van der Waals surface area contributed by atoms with Gasteiger partial charge < -0.3 is 23.9 Å². The number of nitrogens with zero attached hydrogens (tertiary/aromatic N) is 1. The summed E-state index contributed by atoms with van der Waals surface area (Å²) in [6.45, 7) is 1.63. The third-order valence-corrected chi connectivity index (χ3v) is 5.09. The van der Waals surface area contributed by atoms with E-state index in [0.717, 1.165) is 4.90 Å². The first-order valence-electron chi connectivity index (χ1n) is 9.42. The number of ether oxygens (including phenoxy) is 3. The molecule has 3 rings (SSSR count). The van der Waals surface area contributed by atoms with Crippen LogP contribution in [0.2, 0.25) is 0 Å². The Balaban J connectivity index is 1.68. The summed E-state index contributed by atoms with van der Waals surface area (Å²) in [5, 5.41) is 2.52. The molecule has 1 saturated heterocycles. The van der Waals surface area contributed by atoms with Crippen LogP contribution in [0.25, 0.3) is 6.08 Å². The Kier molecular flexibility index (Phi) is 7.51. The van der Waals surface area contributed by atoms with E-state index in [4.69, 9.17) is 13.9 Å². The van der Waals surface area contributed by atoms with Gasteiger partial charge in [-0.05, 0) is 65.4 Å². The van der Waals surface area contributed by atoms with Crippen LogP contribution in [0.1, 0.15) is 28.8 Å². The normalized spacial score (nSPS) is 14.5. The van der Waals surface area contributed by atoms with Crippen molar-refractivity contribution in [3.63, 3.8) is 0 Å². The number of amides is 3. The van der Waals surface area contributed by atoms with E-state index >= 15 is 0 Å². The van der Waals surface area contributed by atoms with Crippen LogP contribution in [0.3, 0.4) is 0 Å². The highest BCUT2D eigenvalue weighted by atomic mass is 127. The molecule has 0 unspecified atom stereocenters. The van der Waals surface area contributed by atoms with Gasteiger partial charge in [0.05, 0.1) is 23.8 Å². The van der Waals surface area contributed by atoms with Crippen molar-refractivity contribution in [2.24, 2.45) is 0 Å². The molecule has 1 aliphatic rings. The van der Waals surface area contributed by atoms with E-state index in [2.05, 4.69) is 10.1 Å². The highest BCUT2D eigenvalue weighted by molar-refractivity contribution is 14.1. The Morgan fingerprint density at radius 3 is 2.69 bits per heavy atom. The Morgan fingerprint density at radius 1 is 1.22 bits per heavy atom. The molecule has 2 aromatic rings. The molecule has 2 heterocycles. The second kappa shape index (κ2) is 10.3. The molecule has 0 spiro atoms. The number of carbonyl (C=O) groups excluding carboxylic acids is 4. The summed E-state index contributed by atoms with van der Waals surface area (Å²) >= 11 is 2.04. The largest absolute Gasteiger partial charge is 0.481 e. The van der Waals surface area contributed by atoms with Gasteiger partial charge in [0, 0.05) is 0 Å². The number of hydrogen-bond donors (Lipinski definition) is 1. The van der Waals surface area contributed by atoms with Gasteiger partial charge in [0.25, 0.3) is 5.91 Å². The highest BCUT2D eigenvalue weighted by Crippen LogP contribution is 2.24. The highest BCUT2D eigenvalue weighted by Gasteiger charge is 2.34. The molecule has 11 heteroatoms. The van der Waals surface area contributed by atoms with Crippen molar-refractivity contribution in [3.05, 3.63) is 56.7 Å². The van der Waals surface area contributed by atoms with Gasteiger partial charge in [-0.2, -0.15) is 0 Å². The minimum Gasteiger partial charge on any atom is -0.481 e. The predicted molar refractivity (Wildman–Crippen MR) is 118 cm³/mol. The van der Waals surface area contributed by atoms with Crippen LogP contribution in [0, 0.1) is 3.57 Å². The Labute approximate surface area is 196 Å². The Bertz CT molecular complexity index is 1090. The number of urea groups is 1. The minimum absolute atomic E-state index is 0.0230. The van der Waals surface area contributed by atoms with E-state index in [0.29, 0.717) is 14.9 Å². The smallest absolute Gasteiger partial charge is 0.373 e. The molecule has 1 aromatic heterocycles. The van der Waals surface area contributed by atoms with Crippen molar-refractivity contribution in [3.8, 4) is 5.75 Å². The van der Waals surface area contributed by atoms with Crippen LogP contribution in [0.15, 0.2) is 40.4 Å². The molecule has 1 aromatic carbocycles. The zero-order chi connectivity index (χ0) is 23.3. The summed E-state index contributed by atoms with van der Waals surface area (Å²) in [5.74, 6) is -0.937. The first-order chi connectivity index (χ1) is 15.3. The quantitative estimate of drug-likeness (QED) is 0.229. The summed E-state index contributed by atoms with van der Waals surface area (Å²) < 4.78 is 20.8. The van der Waals surface area contributed by atoms with E-state index in [1.165, 1.54) is 25.3 Å². The number of furan rings is 1. The SMILES string of the molecule is CCOC(=O)COc1ccc(/C=C2\NC(=O)N(Cc3ccc(C(=O)OC)o3)C2=O)cc1I. The van der Waals surface area contributed by atoms with Gasteiger partial charge in [0.15, 0.2) is 6.61 Å². The molecule has 1 fully saturated rings. The van der Waals surface area contributed by atoms with Gasteiger partial charge in [0.1, 0.15) is 17.2 Å². The molecule has 0 bridgehead atoms. The molecule has 10 nitrogen and oxygen atoms in total. The fraction of sp³-hybridized carbons (Fsp3) is 0.238. The predicted octanol–water partition coefficient (Wildman–Crippen LogP) is 2.71. The molecule has 0 radical (unpaired) electrons. The molecule has 0 saturated carbocycles. The molecular formula is C21H19IN2O8. The van der Waals surface area contributed by atoms with Crippen molar-refractivity contribution in [1.29, 1.82) is 0 Å². The topological polar surface area (TPSA) is 124 Å². The van der Waals surface area contributed by atoms with Gasteiger partial charge in [0.2, 0.25) is 5.76 Å². The lowest BCUT2D eigenvalue weighted by Gasteiger charge is -2.09. The summed E-state index contributed by atoms with van der Waals surface area (Å²) in [6, 6.07) is 7.37. The second-order valence-electron chi connectivity index (χ2n) is 6.42. The fourth-order valence-corrected chi connectivity index (χ4v) is 3.47. The number of halogens is 1. The molecule has 3 amide bonds. The second-order valence-corrected chi connectivity index (χ2v) is 7.58. The number of rotatable bonds is 8. The van der Waals surface area contributed by atoms with E-state index in [1.807, 2.05) is 22.6 Å². The van der Waals surface area contributed by atoms with Crippen molar-refractivity contribution in [2.75, 3.05) is 20.3 Å². The first kappa shape index (κ1) is 23.3. The molecule has 1 aliphatic heterocycles. The van der Waals surface area contributed by atoms with E-state index in [9.17, 15) is 19.2 Å². The lowest BCUT2D eigenvalue weighted by molar-refractivity contribution is -0.145. The maximum absolute atomic E-state index is 12.7. The monoisotopic (exact) mass is 554 g/mol. The van der Waals surface area contributed by atoms with Crippen LogP contribution in [0.4, 0.5) is 4.79 Å². The van der Waals surface area contributed by atoms with E-state index in [1.54, 1.807) is 25.1 Å². The standard InChI is InChI=1S/C21H19IN2O8/c1-3-30-18(25)11-31-16-6-4-12(8-14(16)22)9-15-19(26)24(21(28)23-15)10-13-5-7-17(32-13)20(27)29-2/h4-9H,3,10-11H2,1-2H3,(H,23,28)/b15-9-. The molecular weight excluding hydrogens is 535 g/mol. The first-order valence-corrected chi connectivity index (χ1v) is 10.5. The van der Waals surface area contributed by atoms with Crippen molar-refractivity contribution in [2.45, 2.75) is 13.5 Å². The lowest BCUT2D eigenvalue weighted by Crippen LogP contribution is -2.30. The van der Waals surface area contributed by atoms with Crippen molar-refractivity contribution >= 4 is 52.5 Å². The zero-order valence-electron chi connectivity index (χ0n) is 17.2. The van der Waals surface area contributed by atoms with Gasteiger partial charge in [-0.1, -0.05) is 6.07 Å². The summed E-state index contributed by atoms with van der Waals surface area (Å²) in [6.07, 6.45) is 1.53. The van der Waals surface area contributed by atoms with E-state index < -0.39 is 23.9 Å². The maximum Gasteiger partial charge on any atom is 0.373 e. The molecule has 0 atom stereocenters. The summed E-state index contributed by atoms with van der Waals surface area (Å²) in [7, 11) is 1.22. The minimum atomic E-state index is -0.654. The Morgan fingerprint density at radius 2 is 2.00 bits per heavy atom. The van der Waals surface area contributed by atoms with Crippen LogP contribution < -0.4 is 10.1 Å². The van der Waals surface area contributed by atoms with Crippen molar-refractivity contribution < 1.29 is 37.8 Å². The summed E-state index contributed by atoms with van der Waals surface area (Å²) in [4.78, 5) is 48.8. The molecule has 0 aliphatic carbocycles. The lowest BCUT2D eigenvalue weighted by atomic mass is 10.2. The van der Waals surface area contributed by atoms with Crippen LogP contribution in [0.5, 0.6) is 5.75 Å². The average molecular weight is 554 g/mol. The third kappa shape index (κ3) is 5.46. The van der Waals surface area contributed by atoms with Gasteiger partial charge in [-0.15, -0.1) is 0 Å². The number of nitrogens with one attached hydrogen (secondary N) is 1. The van der Waals surface area contributed by atoms with Crippen LogP contribution >= 0.6 is 22.6 Å². The number of esters is 2. The summed E-state index contributed by atoms with van der Waals surface area (Å²) in [5.41, 5.74) is 0.736. The number of imide groups is 1. The zero-order valence-corrected chi connectivity index (χ0v) is 19.3. The Hall–Kier alpha value is -3.35. The third-order valence-electron chi connectivity index (χ3n) is 4.24. The maximum atomic E-state index is 12.7. The molecule has 1 N–H and O–H groups in total. The van der Waals surface area contributed by atoms with Crippen molar-refractivity contribution in [1.82, 2.24) is 10.2 Å².